The minimum absolute atomic E-state index is 0.0457. The van der Waals surface area contributed by atoms with Crippen LogP contribution in [0.5, 0.6) is 0 Å². The number of hydrogen-bond donors (Lipinski definition) is 2. The lowest BCUT2D eigenvalue weighted by Gasteiger charge is -2.38. The van der Waals surface area contributed by atoms with Crippen molar-refractivity contribution in [3.8, 4) is 0 Å². The van der Waals surface area contributed by atoms with Crippen LogP contribution in [0.3, 0.4) is 0 Å². The summed E-state index contributed by atoms with van der Waals surface area (Å²) < 4.78 is 19.1. The molecular weight excluding hydrogens is 331 g/mol. The monoisotopic (exact) mass is 362 g/mol. The first-order valence-electron chi connectivity index (χ1n) is 9.58. The Kier molecular flexibility index (Phi) is 6.14. The highest BCUT2D eigenvalue weighted by Gasteiger charge is 2.44. The molecule has 1 saturated carbocycles. The molecule has 0 amide bonds. The van der Waals surface area contributed by atoms with Crippen LogP contribution < -0.4 is 10.6 Å². The molecule has 2 aliphatic rings. The molecule has 1 aliphatic heterocycles. The quantitative estimate of drug-likeness (QED) is 0.601. The second kappa shape index (κ2) is 8.35. The molecule has 1 aromatic carbocycles. The lowest BCUT2D eigenvalue weighted by molar-refractivity contribution is -0.0174. The van der Waals surface area contributed by atoms with E-state index in [1.165, 1.54) is 6.07 Å². The van der Waals surface area contributed by atoms with Gasteiger partial charge in [0.15, 0.2) is 5.96 Å². The number of nitrogens with zero attached hydrogens (tertiary/aromatic N) is 2. The van der Waals surface area contributed by atoms with Gasteiger partial charge in [0, 0.05) is 44.2 Å². The summed E-state index contributed by atoms with van der Waals surface area (Å²) in [6.45, 7) is 8.62. The van der Waals surface area contributed by atoms with Crippen LogP contribution in [0.2, 0.25) is 0 Å². The number of guanidine groups is 1. The van der Waals surface area contributed by atoms with Crippen molar-refractivity contribution in [3.63, 3.8) is 0 Å². The van der Waals surface area contributed by atoms with Gasteiger partial charge in [-0.15, -0.1) is 0 Å². The molecule has 1 aliphatic carbocycles. The summed E-state index contributed by atoms with van der Waals surface area (Å²) in [6, 6.07) is 7.83. The zero-order valence-corrected chi connectivity index (χ0v) is 16.1. The molecule has 0 spiro atoms. The Labute approximate surface area is 156 Å². The number of nitrogens with one attached hydrogen (secondary N) is 2. The fourth-order valence-corrected chi connectivity index (χ4v) is 3.77. The molecule has 1 aromatic rings. The van der Waals surface area contributed by atoms with Crippen molar-refractivity contribution in [1.82, 2.24) is 15.5 Å². The molecule has 3 rings (SSSR count). The average Bonchev–Trinajstić information content (AvgIpc) is 3.43. The molecule has 1 saturated heterocycles. The Bertz CT molecular complexity index is 632. The van der Waals surface area contributed by atoms with Crippen molar-refractivity contribution in [2.24, 2.45) is 4.99 Å². The van der Waals surface area contributed by atoms with E-state index in [1.54, 1.807) is 19.2 Å². The zero-order valence-electron chi connectivity index (χ0n) is 16.1. The van der Waals surface area contributed by atoms with E-state index >= 15 is 0 Å². The zero-order chi connectivity index (χ0) is 18.6. The molecule has 0 bridgehead atoms. The Hall–Kier alpha value is -1.66. The van der Waals surface area contributed by atoms with E-state index in [9.17, 15) is 4.39 Å². The molecule has 0 aromatic heterocycles. The van der Waals surface area contributed by atoms with Gasteiger partial charge in [-0.2, -0.15) is 0 Å². The summed E-state index contributed by atoms with van der Waals surface area (Å²) in [4.78, 5) is 6.81. The first kappa shape index (κ1) is 19.1. The van der Waals surface area contributed by atoms with Crippen molar-refractivity contribution in [2.75, 3.05) is 39.9 Å². The van der Waals surface area contributed by atoms with Gasteiger partial charge in [0.25, 0.3) is 0 Å². The summed E-state index contributed by atoms with van der Waals surface area (Å²) in [6.07, 6.45) is 2.17. The van der Waals surface area contributed by atoms with Crippen molar-refractivity contribution < 1.29 is 9.13 Å². The Balaban J connectivity index is 1.49. The van der Waals surface area contributed by atoms with Gasteiger partial charge >= 0.3 is 0 Å². The van der Waals surface area contributed by atoms with Gasteiger partial charge in [-0.25, -0.2) is 4.39 Å². The molecule has 1 heterocycles. The normalized spacial score (nSPS) is 24.2. The number of rotatable bonds is 6. The van der Waals surface area contributed by atoms with Crippen molar-refractivity contribution >= 4 is 5.96 Å². The fraction of sp³-hybridized carbons (Fsp3) is 0.650. The summed E-state index contributed by atoms with van der Waals surface area (Å²) in [7, 11) is 1.79. The predicted molar refractivity (Wildman–Crippen MR) is 103 cm³/mol. The molecule has 144 valence electrons. The number of ether oxygens (including phenoxy) is 1. The molecular formula is C20H31FN4O. The van der Waals surface area contributed by atoms with Crippen molar-refractivity contribution in [3.05, 3.63) is 35.6 Å². The smallest absolute Gasteiger partial charge is 0.191 e. The molecule has 6 heteroatoms. The van der Waals surface area contributed by atoms with Gasteiger partial charge in [0.2, 0.25) is 0 Å². The maximum absolute atomic E-state index is 13.5. The summed E-state index contributed by atoms with van der Waals surface area (Å²) in [5, 5.41) is 6.87. The molecule has 2 fully saturated rings. The van der Waals surface area contributed by atoms with Crippen LogP contribution in [0.15, 0.2) is 29.3 Å². The second-order valence-electron chi connectivity index (χ2n) is 7.61. The van der Waals surface area contributed by atoms with Crippen molar-refractivity contribution in [2.45, 2.75) is 44.2 Å². The highest BCUT2D eigenvalue weighted by Crippen LogP contribution is 2.47. The minimum atomic E-state index is -0.162. The van der Waals surface area contributed by atoms with Crippen LogP contribution in [-0.4, -0.2) is 62.8 Å². The first-order chi connectivity index (χ1) is 12.5. The molecule has 2 unspecified atom stereocenters. The van der Waals surface area contributed by atoms with Crippen LogP contribution in [0.4, 0.5) is 4.39 Å². The van der Waals surface area contributed by atoms with Crippen LogP contribution >= 0.6 is 0 Å². The van der Waals surface area contributed by atoms with E-state index < -0.39 is 0 Å². The highest BCUT2D eigenvalue weighted by atomic mass is 19.1. The van der Waals surface area contributed by atoms with E-state index in [4.69, 9.17) is 4.74 Å². The van der Waals surface area contributed by atoms with Crippen LogP contribution in [0.25, 0.3) is 0 Å². The third-order valence-electron chi connectivity index (χ3n) is 5.66. The molecule has 2 N–H and O–H groups in total. The molecule has 26 heavy (non-hydrogen) atoms. The minimum Gasteiger partial charge on any atom is -0.379 e. The molecule has 2 atom stereocenters. The number of halogens is 1. The Morgan fingerprint density at radius 1 is 1.42 bits per heavy atom. The summed E-state index contributed by atoms with van der Waals surface area (Å²) in [5.74, 6) is 0.644. The Morgan fingerprint density at radius 3 is 2.88 bits per heavy atom. The van der Waals surface area contributed by atoms with Crippen LogP contribution in [-0.2, 0) is 10.2 Å². The van der Waals surface area contributed by atoms with E-state index in [2.05, 4.69) is 34.4 Å². The van der Waals surface area contributed by atoms with Gasteiger partial charge in [0.05, 0.1) is 13.2 Å². The van der Waals surface area contributed by atoms with E-state index in [0.29, 0.717) is 12.1 Å². The van der Waals surface area contributed by atoms with Crippen LogP contribution in [0, 0.1) is 5.82 Å². The van der Waals surface area contributed by atoms with Crippen LogP contribution in [0.1, 0.15) is 32.3 Å². The first-order valence-corrected chi connectivity index (χ1v) is 9.58. The number of benzene rings is 1. The van der Waals surface area contributed by atoms with Gasteiger partial charge < -0.3 is 15.4 Å². The number of morpholine rings is 1. The van der Waals surface area contributed by atoms with E-state index in [1.807, 2.05) is 6.07 Å². The topological polar surface area (TPSA) is 48.9 Å². The van der Waals surface area contributed by atoms with Gasteiger partial charge in [-0.05, 0) is 44.4 Å². The number of hydrogen-bond acceptors (Lipinski definition) is 3. The number of aliphatic imine (C=N–C) groups is 1. The lowest BCUT2D eigenvalue weighted by atomic mass is 9.96. The SMILES string of the molecule is CN=C(NCC(C)N1CCOCC1C)NCC1(c2cccc(F)c2)CC1. The molecule has 0 radical (unpaired) electrons. The third-order valence-corrected chi connectivity index (χ3v) is 5.66. The lowest BCUT2D eigenvalue weighted by Crippen LogP contribution is -2.53. The van der Waals surface area contributed by atoms with E-state index in [0.717, 1.165) is 57.2 Å². The maximum Gasteiger partial charge on any atom is 0.191 e. The third kappa shape index (κ3) is 4.54. The standard InChI is InChI=1S/C20H31FN4O/c1-15(25-9-10-26-13-16(25)2)12-23-19(22-3)24-14-20(7-8-20)17-5-4-6-18(21)11-17/h4-6,11,15-16H,7-10,12-14H2,1-3H3,(H2,22,23,24). The fourth-order valence-electron chi connectivity index (χ4n) is 3.77. The van der Waals surface area contributed by atoms with Gasteiger partial charge in [-0.3, -0.25) is 9.89 Å². The molecule has 5 nitrogen and oxygen atoms in total. The largest absolute Gasteiger partial charge is 0.379 e. The second-order valence-corrected chi connectivity index (χ2v) is 7.61. The van der Waals surface area contributed by atoms with Gasteiger partial charge in [0.1, 0.15) is 5.82 Å². The van der Waals surface area contributed by atoms with Gasteiger partial charge in [-0.1, -0.05) is 12.1 Å². The summed E-state index contributed by atoms with van der Waals surface area (Å²) in [5.41, 5.74) is 1.13. The average molecular weight is 362 g/mol. The summed E-state index contributed by atoms with van der Waals surface area (Å²) >= 11 is 0. The Morgan fingerprint density at radius 2 is 2.23 bits per heavy atom. The highest BCUT2D eigenvalue weighted by molar-refractivity contribution is 5.79. The van der Waals surface area contributed by atoms with E-state index in [-0.39, 0.29) is 11.2 Å². The maximum atomic E-state index is 13.5. The predicted octanol–water partition coefficient (Wildman–Crippen LogP) is 2.13. The van der Waals surface area contributed by atoms with Crippen molar-refractivity contribution in [1.29, 1.82) is 0 Å².